The number of para-hydroxylation sites is 1. The summed E-state index contributed by atoms with van der Waals surface area (Å²) in [6.45, 7) is 0.411. The molecule has 138 valence electrons. The van der Waals surface area contributed by atoms with Crippen LogP contribution >= 0.6 is 39.3 Å². The Bertz CT molecular complexity index is 926. The third-order valence-electron chi connectivity index (χ3n) is 4.03. The maximum atomic E-state index is 12.2. The van der Waals surface area contributed by atoms with Crippen LogP contribution in [0.15, 0.2) is 63.6 Å². The quantitative estimate of drug-likeness (QED) is 0.594. The lowest BCUT2D eigenvalue weighted by Gasteiger charge is -2.25. The fraction of sp³-hybridized carbons (Fsp3) is 0.200. The van der Waals surface area contributed by atoms with E-state index in [1.54, 1.807) is 12.1 Å². The van der Waals surface area contributed by atoms with Crippen molar-refractivity contribution in [1.29, 1.82) is 5.26 Å². The zero-order chi connectivity index (χ0) is 19.2. The number of amides is 1. The molecule has 3 rings (SSSR count). The van der Waals surface area contributed by atoms with Crippen LogP contribution in [0.4, 0.5) is 0 Å². The number of halogens is 2. The van der Waals surface area contributed by atoms with Gasteiger partial charge in [0.2, 0.25) is 5.91 Å². The highest BCUT2D eigenvalue weighted by atomic mass is 79.9. The largest absolute Gasteiger partial charge is 0.491 e. The summed E-state index contributed by atoms with van der Waals surface area (Å²) in [5, 5.41) is 13.7. The van der Waals surface area contributed by atoms with Crippen LogP contribution in [0.25, 0.3) is 0 Å². The van der Waals surface area contributed by atoms with Gasteiger partial charge in [0, 0.05) is 22.6 Å². The molecule has 1 atom stereocenters. The highest BCUT2D eigenvalue weighted by molar-refractivity contribution is 9.10. The third-order valence-corrected chi connectivity index (χ3v) is 5.82. The summed E-state index contributed by atoms with van der Waals surface area (Å²) in [6, 6.07) is 17.3. The van der Waals surface area contributed by atoms with E-state index in [-0.39, 0.29) is 18.2 Å². The zero-order valence-electron chi connectivity index (χ0n) is 14.2. The second-order valence-corrected chi connectivity index (χ2v) is 8.27. The van der Waals surface area contributed by atoms with Gasteiger partial charge in [0.05, 0.1) is 28.3 Å². The first-order valence-electron chi connectivity index (χ1n) is 8.28. The number of hydrogen-bond donors (Lipinski definition) is 1. The van der Waals surface area contributed by atoms with Gasteiger partial charge >= 0.3 is 0 Å². The molecule has 1 aliphatic rings. The molecule has 1 heterocycles. The molecule has 1 amide bonds. The number of thioether (sulfide) groups is 1. The van der Waals surface area contributed by atoms with E-state index < -0.39 is 0 Å². The summed E-state index contributed by atoms with van der Waals surface area (Å²) in [4.78, 5) is 12.2. The van der Waals surface area contributed by atoms with Crippen LogP contribution < -0.4 is 10.1 Å². The Kier molecular flexibility index (Phi) is 6.84. The van der Waals surface area contributed by atoms with E-state index in [0.717, 1.165) is 10.0 Å². The molecule has 0 aromatic heterocycles. The molecular weight excluding hydrogens is 448 g/mol. The van der Waals surface area contributed by atoms with Crippen LogP contribution in [0.3, 0.4) is 0 Å². The van der Waals surface area contributed by atoms with Crippen molar-refractivity contribution in [3.8, 4) is 11.8 Å². The summed E-state index contributed by atoms with van der Waals surface area (Å²) < 4.78 is 6.60. The molecule has 1 N–H and O–H groups in total. The highest BCUT2D eigenvalue weighted by Crippen LogP contribution is 2.36. The van der Waals surface area contributed by atoms with E-state index in [9.17, 15) is 10.1 Å². The van der Waals surface area contributed by atoms with Crippen molar-refractivity contribution in [2.75, 3.05) is 12.4 Å². The first kappa shape index (κ1) is 19.8. The first-order chi connectivity index (χ1) is 13.1. The Labute approximate surface area is 175 Å². The zero-order valence-corrected chi connectivity index (χ0v) is 17.4. The number of carbonyl (C=O) groups excluding carboxylic acids is 1. The van der Waals surface area contributed by atoms with Crippen molar-refractivity contribution in [3.63, 3.8) is 0 Å². The summed E-state index contributed by atoms with van der Waals surface area (Å²) in [5.41, 5.74) is 1.52. The van der Waals surface area contributed by atoms with Gasteiger partial charge in [-0.1, -0.05) is 51.8 Å². The van der Waals surface area contributed by atoms with E-state index in [2.05, 4.69) is 27.3 Å². The van der Waals surface area contributed by atoms with Gasteiger partial charge in [0.15, 0.2) is 0 Å². The van der Waals surface area contributed by atoms with Crippen LogP contribution in [-0.4, -0.2) is 18.3 Å². The standard InChI is InChI=1S/C20H16BrClN2O2S/c21-14-5-3-4-13(10-14)15-11-19(25)24-20(16(15)12-23)27-9-8-26-18-7-2-1-6-17(18)22/h1-7,10,15H,8-9,11H2,(H,24,25)/t15-/m1/s1. The first-order valence-corrected chi connectivity index (χ1v) is 10.4. The predicted octanol–water partition coefficient (Wildman–Crippen LogP) is 5.25. The molecule has 4 nitrogen and oxygen atoms in total. The minimum Gasteiger partial charge on any atom is -0.491 e. The molecule has 7 heteroatoms. The highest BCUT2D eigenvalue weighted by Gasteiger charge is 2.29. The number of benzene rings is 2. The minimum atomic E-state index is -0.242. The Balaban J connectivity index is 1.71. The molecule has 27 heavy (non-hydrogen) atoms. The van der Waals surface area contributed by atoms with Gasteiger partial charge in [-0.15, -0.1) is 11.8 Å². The maximum absolute atomic E-state index is 12.2. The van der Waals surface area contributed by atoms with Crippen LogP contribution in [0.5, 0.6) is 5.75 Å². The number of nitrogens with one attached hydrogen (secondary N) is 1. The van der Waals surface area contributed by atoms with Crippen LogP contribution in [0.2, 0.25) is 5.02 Å². The molecule has 0 unspecified atom stereocenters. The molecule has 0 spiro atoms. The molecule has 0 aliphatic carbocycles. The number of ether oxygens (including phenoxy) is 1. The summed E-state index contributed by atoms with van der Waals surface area (Å²) >= 11 is 10.9. The Morgan fingerprint density at radius 1 is 1.30 bits per heavy atom. The van der Waals surface area contributed by atoms with Crippen LogP contribution in [-0.2, 0) is 4.79 Å². The molecule has 0 radical (unpaired) electrons. The molecule has 2 aromatic carbocycles. The van der Waals surface area contributed by atoms with E-state index in [0.29, 0.717) is 33.7 Å². The number of nitrogens with zero attached hydrogens (tertiary/aromatic N) is 1. The van der Waals surface area contributed by atoms with Crippen LogP contribution in [0.1, 0.15) is 17.9 Å². The number of nitriles is 1. The smallest absolute Gasteiger partial charge is 0.225 e. The van der Waals surface area contributed by atoms with Crippen molar-refractivity contribution < 1.29 is 9.53 Å². The fourth-order valence-electron chi connectivity index (χ4n) is 2.80. The molecular formula is C20H16BrClN2O2S. The Morgan fingerprint density at radius 3 is 2.85 bits per heavy atom. The molecule has 0 saturated carbocycles. The van der Waals surface area contributed by atoms with Crippen LogP contribution in [0, 0.1) is 11.3 Å². The Morgan fingerprint density at radius 2 is 2.11 bits per heavy atom. The second kappa shape index (κ2) is 9.32. The lowest BCUT2D eigenvalue weighted by Crippen LogP contribution is -2.31. The second-order valence-electron chi connectivity index (χ2n) is 5.84. The van der Waals surface area contributed by atoms with E-state index in [4.69, 9.17) is 16.3 Å². The van der Waals surface area contributed by atoms with Gasteiger partial charge in [-0.2, -0.15) is 5.26 Å². The third kappa shape index (κ3) is 5.07. The van der Waals surface area contributed by atoms with Crippen molar-refractivity contribution in [1.82, 2.24) is 5.32 Å². The SMILES string of the molecule is N#CC1=C(SCCOc2ccccc2Cl)NC(=O)C[C@@H]1c1cccc(Br)c1. The van der Waals surface area contributed by atoms with E-state index in [1.165, 1.54) is 11.8 Å². The number of carbonyl (C=O) groups is 1. The number of allylic oxidation sites excluding steroid dienone is 1. The summed E-state index contributed by atoms with van der Waals surface area (Å²) in [7, 11) is 0. The minimum absolute atomic E-state index is 0.0894. The van der Waals surface area contributed by atoms with Gasteiger partial charge in [-0.05, 0) is 29.8 Å². The summed E-state index contributed by atoms with van der Waals surface area (Å²) in [6.07, 6.45) is 0.263. The molecule has 1 aliphatic heterocycles. The molecule has 2 aromatic rings. The van der Waals surface area contributed by atoms with Crippen molar-refractivity contribution in [2.45, 2.75) is 12.3 Å². The van der Waals surface area contributed by atoms with Gasteiger partial charge in [0.25, 0.3) is 0 Å². The lowest BCUT2D eigenvalue weighted by atomic mass is 9.87. The fourth-order valence-corrected chi connectivity index (χ4v) is 4.31. The van der Waals surface area contributed by atoms with Crippen molar-refractivity contribution in [2.24, 2.45) is 0 Å². The lowest BCUT2D eigenvalue weighted by molar-refractivity contribution is -0.120. The van der Waals surface area contributed by atoms with Gasteiger partial charge in [-0.25, -0.2) is 0 Å². The van der Waals surface area contributed by atoms with Crippen molar-refractivity contribution >= 4 is 45.2 Å². The number of rotatable bonds is 6. The average molecular weight is 464 g/mol. The average Bonchev–Trinajstić information content (AvgIpc) is 2.66. The number of hydrogen-bond acceptors (Lipinski definition) is 4. The predicted molar refractivity (Wildman–Crippen MR) is 112 cm³/mol. The topological polar surface area (TPSA) is 62.1 Å². The van der Waals surface area contributed by atoms with Gasteiger partial charge < -0.3 is 10.1 Å². The maximum Gasteiger partial charge on any atom is 0.225 e. The summed E-state index contributed by atoms with van der Waals surface area (Å²) in [5.74, 6) is 0.868. The van der Waals surface area contributed by atoms with Gasteiger partial charge in [0.1, 0.15) is 5.75 Å². The van der Waals surface area contributed by atoms with E-state index in [1.807, 2.05) is 36.4 Å². The van der Waals surface area contributed by atoms with E-state index >= 15 is 0 Å². The van der Waals surface area contributed by atoms with Crippen molar-refractivity contribution in [3.05, 3.63) is 74.2 Å². The molecule has 0 bridgehead atoms. The Hall–Kier alpha value is -1.94. The molecule has 0 saturated heterocycles. The normalized spacial score (nSPS) is 16.6. The molecule has 0 fully saturated rings. The van der Waals surface area contributed by atoms with Gasteiger partial charge in [-0.3, -0.25) is 4.79 Å². The monoisotopic (exact) mass is 462 g/mol.